The van der Waals surface area contributed by atoms with Crippen LogP contribution in [0, 0.1) is 0 Å². The second-order valence-corrected chi connectivity index (χ2v) is 12.7. The Morgan fingerprint density at radius 3 is 1.73 bits per heavy atom. The number of hydrogen-bond donors (Lipinski definition) is 5. The molecule has 0 saturated heterocycles. The number of phosphoric acid groups is 1. The largest absolute Gasteiger partial charge is 0.472 e. The van der Waals surface area contributed by atoms with Gasteiger partial charge in [-0.15, -0.1) is 0 Å². The number of rotatable bonds is 25. The van der Waals surface area contributed by atoms with Gasteiger partial charge in [0.05, 0.1) is 18.8 Å². The zero-order valence-corrected chi connectivity index (χ0v) is 26.1. The third-order valence-corrected chi connectivity index (χ3v) is 8.60. The van der Waals surface area contributed by atoms with E-state index in [1.165, 1.54) is 90.6 Å². The van der Waals surface area contributed by atoms with Gasteiger partial charge < -0.3 is 34.8 Å². The summed E-state index contributed by atoms with van der Waals surface area (Å²) in [7, 11) is -3.45. The van der Waals surface area contributed by atoms with E-state index < -0.39 is 51.1 Å². The van der Waals surface area contributed by atoms with Gasteiger partial charge in [-0.05, 0) is 6.42 Å². The summed E-state index contributed by atoms with van der Waals surface area (Å²) >= 11 is 0. The van der Waals surface area contributed by atoms with Crippen LogP contribution in [0.5, 0.6) is 0 Å². The second-order valence-electron chi connectivity index (χ2n) is 11.3. The van der Waals surface area contributed by atoms with Crippen LogP contribution in [0.3, 0.4) is 0 Å². The molecule has 11 nitrogen and oxygen atoms in total. The molecule has 1 aliphatic carbocycles. The van der Waals surface area contributed by atoms with Gasteiger partial charge in [-0.1, -0.05) is 103 Å². The van der Waals surface area contributed by atoms with Crippen LogP contribution in [0.4, 0.5) is 0 Å². The molecular formula is C29H57O11P. The second kappa shape index (κ2) is 22.9. The van der Waals surface area contributed by atoms with Crippen LogP contribution in [0.25, 0.3) is 0 Å². The van der Waals surface area contributed by atoms with E-state index in [0.29, 0.717) is 0 Å². The zero-order valence-electron chi connectivity index (χ0n) is 25.2. The lowest BCUT2D eigenvalue weighted by Crippen LogP contribution is -2.56. The zero-order chi connectivity index (χ0) is 30.5. The molecule has 1 fully saturated rings. The van der Waals surface area contributed by atoms with E-state index in [9.17, 15) is 34.7 Å². The van der Waals surface area contributed by atoms with Crippen molar-refractivity contribution in [3.05, 3.63) is 0 Å². The normalized spacial score (nSPS) is 25.1. The summed E-state index contributed by atoms with van der Waals surface area (Å²) in [6.07, 6.45) is 11.2. The Bertz CT molecular complexity index is 710. The number of methoxy groups -OCH3 is 1. The summed E-state index contributed by atoms with van der Waals surface area (Å²) in [4.78, 5) is 22.0. The third kappa shape index (κ3) is 17.9. The van der Waals surface area contributed by atoms with E-state index in [-0.39, 0.29) is 25.4 Å². The first kappa shape index (κ1) is 38.4. The van der Waals surface area contributed by atoms with Crippen LogP contribution in [0.1, 0.15) is 122 Å². The van der Waals surface area contributed by atoms with Gasteiger partial charge in [-0.3, -0.25) is 13.8 Å². The first-order valence-electron chi connectivity index (χ1n) is 15.7. The number of hydrogen-bond acceptors (Lipinski definition) is 10. The number of aliphatic hydroxyl groups excluding tert-OH is 4. The highest BCUT2D eigenvalue weighted by Gasteiger charge is 2.46. The minimum Gasteiger partial charge on any atom is -0.463 e. The first-order chi connectivity index (χ1) is 19.6. The smallest absolute Gasteiger partial charge is 0.463 e. The molecule has 0 aliphatic heterocycles. The maximum Gasteiger partial charge on any atom is 0.472 e. The van der Waals surface area contributed by atoms with Gasteiger partial charge in [0.2, 0.25) is 0 Å². The van der Waals surface area contributed by atoms with Gasteiger partial charge in [-0.25, -0.2) is 4.57 Å². The lowest BCUT2D eigenvalue weighted by atomic mass is 9.87. The van der Waals surface area contributed by atoms with Crippen LogP contribution in [-0.4, -0.2) is 88.2 Å². The summed E-state index contributed by atoms with van der Waals surface area (Å²) in [6.45, 7) is 1.61. The molecule has 0 radical (unpaired) electrons. The lowest BCUT2D eigenvalue weighted by molar-refractivity contribution is -0.173. The average molecular weight is 613 g/mol. The molecule has 0 heterocycles. The monoisotopic (exact) mass is 612 g/mol. The highest BCUT2D eigenvalue weighted by atomic mass is 31.2. The van der Waals surface area contributed by atoms with Crippen molar-refractivity contribution in [3.8, 4) is 0 Å². The molecule has 244 valence electrons. The molecule has 0 bridgehead atoms. The Balaban J connectivity index is 2.06. The lowest BCUT2D eigenvalue weighted by Gasteiger charge is -2.38. The molecule has 0 aromatic rings. The van der Waals surface area contributed by atoms with Gasteiger partial charge >= 0.3 is 13.8 Å². The van der Waals surface area contributed by atoms with Crippen molar-refractivity contribution in [2.45, 2.75) is 159 Å². The minimum absolute atomic E-state index is 0.187. The van der Waals surface area contributed by atoms with Crippen molar-refractivity contribution < 1.29 is 53.2 Å². The fourth-order valence-electron chi connectivity index (χ4n) is 4.92. The highest BCUT2D eigenvalue weighted by Crippen LogP contribution is 2.47. The summed E-state index contributed by atoms with van der Waals surface area (Å²) in [6, 6.07) is 0. The molecule has 7 atom stereocenters. The van der Waals surface area contributed by atoms with Crippen LogP contribution < -0.4 is 0 Å². The number of unbranched alkanes of at least 4 members (excludes halogenated alkanes) is 15. The number of ether oxygens (including phenoxy) is 2. The van der Waals surface area contributed by atoms with Crippen molar-refractivity contribution in [2.24, 2.45) is 0 Å². The Labute approximate surface area is 246 Å². The molecule has 0 aromatic heterocycles. The minimum atomic E-state index is -4.78. The van der Waals surface area contributed by atoms with Crippen LogP contribution in [0.15, 0.2) is 0 Å². The Kier molecular flexibility index (Phi) is 21.4. The molecule has 0 aromatic carbocycles. The van der Waals surface area contributed by atoms with E-state index in [0.717, 1.165) is 19.3 Å². The topological polar surface area (TPSA) is 172 Å². The Hall–Kier alpha value is -0.620. The molecule has 1 unspecified atom stereocenters. The van der Waals surface area contributed by atoms with Crippen molar-refractivity contribution in [2.75, 3.05) is 20.3 Å². The van der Waals surface area contributed by atoms with Crippen molar-refractivity contribution in [1.29, 1.82) is 0 Å². The Morgan fingerprint density at radius 1 is 0.756 bits per heavy atom. The van der Waals surface area contributed by atoms with Gasteiger partial charge in [-0.2, -0.15) is 0 Å². The highest BCUT2D eigenvalue weighted by molar-refractivity contribution is 7.47. The molecule has 1 rings (SSSR count). The molecule has 1 aliphatic rings. The van der Waals surface area contributed by atoms with E-state index in [4.69, 9.17) is 18.5 Å². The van der Waals surface area contributed by atoms with Crippen molar-refractivity contribution in [1.82, 2.24) is 0 Å². The number of carbonyl (C=O) groups is 1. The maximum absolute atomic E-state index is 12.3. The third-order valence-electron chi connectivity index (χ3n) is 7.62. The number of aliphatic hydroxyl groups is 4. The van der Waals surface area contributed by atoms with Gasteiger partial charge in [0.15, 0.2) is 0 Å². The predicted molar refractivity (Wildman–Crippen MR) is 155 cm³/mol. The average Bonchev–Trinajstić information content (AvgIpc) is 2.94. The molecule has 41 heavy (non-hydrogen) atoms. The maximum atomic E-state index is 12.3. The van der Waals surface area contributed by atoms with E-state index >= 15 is 0 Å². The molecule has 0 spiro atoms. The standard InChI is InChI=1S/C29H57O11P/c1-3-4-5-6-7-8-9-10-11-12-13-14-15-16-17-18-19-26(32)38-21-23(37-2)22-39-41(35,36)40-29-25(31)20-24(30)27(33)28(29)34/h23-25,27-31,33-34H,3-22H2,1-2H3,(H,35,36)/t23-,24+,25+,27-,28+,29+/m1/s1. The number of carbonyl (C=O) groups excluding carboxylic acids is 1. The summed E-state index contributed by atoms with van der Waals surface area (Å²) < 4.78 is 32.3. The number of esters is 1. The molecule has 5 N–H and O–H groups in total. The Morgan fingerprint density at radius 2 is 1.24 bits per heavy atom. The number of phosphoric ester groups is 1. The van der Waals surface area contributed by atoms with Gasteiger partial charge in [0, 0.05) is 20.0 Å². The molecular weight excluding hydrogens is 555 g/mol. The molecule has 1 saturated carbocycles. The van der Waals surface area contributed by atoms with E-state index in [1.54, 1.807) is 0 Å². The fraction of sp³-hybridized carbons (Fsp3) is 0.966. The van der Waals surface area contributed by atoms with Crippen molar-refractivity contribution >= 4 is 13.8 Å². The molecule has 0 amide bonds. The summed E-state index contributed by atoms with van der Waals surface area (Å²) in [5, 5.41) is 39.2. The van der Waals surface area contributed by atoms with Crippen LogP contribution >= 0.6 is 7.82 Å². The van der Waals surface area contributed by atoms with Crippen LogP contribution in [0.2, 0.25) is 0 Å². The van der Waals surface area contributed by atoms with Crippen LogP contribution in [-0.2, 0) is 27.9 Å². The van der Waals surface area contributed by atoms with E-state index in [1.807, 2.05) is 0 Å². The quantitative estimate of drug-likeness (QED) is 0.0556. The van der Waals surface area contributed by atoms with Gasteiger partial charge in [0.25, 0.3) is 0 Å². The SMILES string of the molecule is CCCCCCCCCCCCCCCCCCC(=O)OC[C@H](COP(=O)(O)O[C@@H]1[C@@H](O)[C@H](O)[C@@H](O)C[C@@H]1O)OC. The first-order valence-corrected chi connectivity index (χ1v) is 17.2. The molecule has 12 heteroatoms. The van der Waals surface area contributed by atoms with Gasteiger partial charge in [0.1, 0.15) is 31.0 Å². The summed E-state index contributed by atoms with van der Waals surface area (Å²) in [5.74, 6) is -0.387. The summed E-state index contributed by atoms with van der Waals surface area (Å²) in [5.41, 5.74) is 0. The predicted octanol–water partition coefficient (Wildman–Crippen LogP) is 4.55. The van der Waals surface area contributed by atoms with Crippen molar-refractivity contribution in [3.63, 3.8) is 0 Å². The van der Waals surface area contributed by atoms with E-state index in [2.05, 4.69) is 6.92 Å². The fourth-order valence-corrected chi connectivity index (χ4v) is 5.91.